The van der Waals surface area contributed by atoms with Gasteiger partial charge in [0.15, 0.2) is 0 Å². The molecule has 3 rings (SSSR count). The summed E-state index contributed by atoms with van der Waals surface area (Å²) in [6.07, 6.45) is 8.59. The summed E-state index contributed by atoms with van der Waals surface area (Å²) in [6, 6.07) is 32.8. The average Bonchev–Trinajstić information content (AvgIpc) is 2.84. The Balaban J connectivity index is 2.14. The van der Waals surface area contributed by atoms with Crippen molar-refractivity contribution in [3.05, 3.63) is 115 Å². The fourth-order valence-electron chi connectivity index (χ4n) is 3.98. The van der Waals surface area contributed by atoms with Gasteiger partial charge in [-0.3, -0.25) is 0 Å². The Morgan fingerprint density at radius 1 is 0.812 bits per heavy atom. The summed E-state index contributed by atoms with van der Waals surface area (Å²) < 4.78 is 5.55. The first-order valence-electron chi connectivity index (χ1n) is 11.1. The van der Waals surface area contributed by atoms with Crippen molar-refractivity contribution in [3.63, 3.8) is 0 Å². The molecule has 0 atom stereocenters. The van der Waals surface area contributed by atoms with Crippen molar-refractivity contribution in [2.75, 3.05) is 13.3 Å². The van der Waals surface area contributed by atoms with E-state index in [1.807, 2.05) is 0 Å². The van der Waals surface area contributed by atoms with E-state index in [0.29, 0.717) is 0 Å². The summed E-state index contributed by atoms with van der Waals surface area (Å²) in [7, 11) is 1.77. The van der Waals surface area contributed by atoms with Crippen molar-refractivity contribution in [3.8, 4) is 0 Å². The molecule has 0 aliphatic carbocycles. The monoisotopic (exact) mass is 508 g/mol. The molecule has 0 heterocycles. The number of ether oxygens (including phenoxy) is 1. The van der Waals surface area contributed by atoms with Gasteiger partial charge in [-0.15, -0.1) is 0 Å². The van der Waals surface area contributed by atoms with E-state index < -0.39 is 5.31 Å². The zero-order valence-electron chi connectivity index (χ0n) is 19.5. The molecule has 0 saturated heterocycles. The Kier molecular flexibility index (Phi) is 7.93. The summed E-state index contributed by atoms with van der Waals surface area (Å²) in [6.45, 7) is 6.41. The number of methoxy groups -OCH3 is 1. The first-order chi connectivity index (χ1) is 15.3. The van der Waals surface area contributed by atoms with Gasteiger partial charge in [0, 0.05) is 0 Å². The maximum absolute atomic E-state index is 5.55. The Bertz CT molecular complexity index is 957. The van der Waals surface area contributed by atoms with Crippen LogP contribution in [0.3, 0.4) is 0 Å². The molecule has 3 aromatic rings. The first kappa shape index (κ1) is 24.6. The Morgan fingerprint density at radius 3 is 1.59 bits per heavy atom. The van der Waals surface area contributed by atoms with Crippen LogP contribution in [-0.4, -0.2) is 18.9 Å². The molecule has 0 saturated carbocycles. The molecular weight excluding hydrogens is 475 g/mol. The second kappa shape index (κ2) is 10.3. The maximum atomic E-state index is 5.55. The molecule has 0 bridgehead atoms. The molecule has 32 heavy (non-hydrogen) atoms. The second-order valence-corrected chi connectivity index (χ2v) is 17.9. The normalized spacial score (nSPS) is 14.3. The Labute approximate surface area is 201 Å². The number of hydrogen-bond donors (Lipinski definition) is 0. The van der Waals surface area contributed by atoms with Gasteiger partial charge in [-0.05, 0) is 0 Å². The van der Waals surface area contributed by atoms with Gasteiger partial charge in [0.1, 0.15) is 0 Å². The SMILES string of the molecule is COC(C)(C)CC=CC(C)=CCP(Br)(c1ccccc1)(c1ccccc1)c1ccccc1. The molecule has 3 aromatic carbocycles. The van der Waals surface area contributed by atoms with E-state index in [-0.39, 0.29) is 5.60 Å². The summed E-state index contributed by atoms with van der Waals surface area (Å²) >= 11 is 4.50. The standard InChI is InChI=1S/C29H34BrOP/c1-25(15-14-23-29(2,3)31-4)22-24-32(30,26-16-8-5-9-17-26,27-18-10-6-11-19-27)28-20-12-7-13-21-28/h5-22H,23-24H2,1-4H3. The summed E-state index contributed by atoms with van der Waals surface area (Å²) in [5.74, 6) is 0. The average molecular weight is 509 g/mol. The molecular formula is C29H34BrOP. The molecule has 0 N–H and O–H groups in total. The number of rotatable bonds is 9. The van der Waals surface area contributed by atoms with Crippen LogP contribution in [0.1, 0.15) is 27.2 Å². The molecule has 0 amide bonds. The van der Waals surface area contributed by atoms with Gasteiger partial charge in [-0.2, -0.15) is 0 Å². The summed E-state index contributed by atoms with van der Waals surface area (Å²) in [4.78, 5) is 0. The van der Waals surface area contributed by atoms with Crippen molar-refractivity contribution in [1.82, 2.24) is 0 Å². The van der Waals surface area contributed by atoms with Crippen LogP contribution >= 0.6 is 20.8 Å². The van der Waals surface area contributed by atoms with E-state index in [9.17, 15) is 0 Å². The van der Waals surface area contributed by atoms with Gasteiger partial charge < -0.3 is 0 Å². The number of allylic oxidation sites excluding steroid dienone is 3. The third-order valence-electron chi connectivity index (χ3n) is 6.18. The van der Waals surface area contributed by atoms with E-state index in [1.165, 1.54) is 21.5 Å². The Morgan fingerprint density at radius 2 is 1.22 bits per heavy atom. The van der Waals surface area contributed by atoms with Crippen LogP contribution in [-0.2, 0) is 4.74 Å². The second-order valence-electron chi connectivity index (χ2n) is 8.89. The van der Waals surface area contributed by atoms with Gasteiger partial charge in [0.05, 0.1) is 0 Å². The van der Waals surface area contributed by atoms with E-state index in [4.69, 9.17) is 4.74 Å². The minimum absolute atomic E-state index is 0.149. The van der Waals surface area contributed by atoms with E-state index >= 15 is 0 Å². The fraction of sp³-hybridized carbons (Fsp3) is 0.241. The van der Waals surface area contributed by atoms with Crippen LogP contribution < -0.4 is 15.9 Å². The van der Waals surface area contributed by atoms with Crippen LogP contribution in [0.5, 0.6) is 0 Å². The molecule has 0 aliphatic heterocycles. The summed E-state index contributed by atoms with van der Waals surface area (Å²) in [5, 5.41) is 1.11. The van der Waals surface area contributed by atoms with Crippen molar-refractivity contribution in [2.45, 2.75) is 32.8 Å². The molecule has 0 unspecified atom stereocenters. The zero-order valence-corrected chi connectivity index (χ0v) is 22.0. The van der Waals surface area contributed by atoms with Crippen LogP contribution in [0.2, 0.25) is 0 Å². The van der Waals surface area contributed by atoms with Crippen molar-refractivity contribution in [2.24, 2.45) is 0 Å². The third-order valence-corrected chi connectivity index (χ3v) is 15.7. The minimum atomic E-state index is -2.91. The number of benzene rings is 3. The first-order valence-corrected chi connectivity index (χ1v) is 15.5. The van der Waals surface area contributed by atoms with Gasteiger partial charge in [-0.1, -0.05) is 0 Å². The molecule has 1 nitrogen and oxygen atoms in total. The van der Waals surface area contributed by atoms with Crippen LogP contribution in [0.25, 0.3) is 0 Å². The third kappa shape index (κ3) is 5.15. The molecule has 168 valence electrons. The van der Waals surface area contributed by atoms with Gasteiger partial charge >= 0.3 is 202 Å². The molecule has 0 fully saturated rings. The van der Waals surface area contributed by atoms with Gasteiger partial charge in [0.2, 0.25) is 0 Å². The van der Waals surface area contributed by atoms with Crippen molar-refractivity contribution in [1.29, 1.82) is 0 Å². The molecule has 0 aromatic heterocycles. The number of halogens is 1. The number of hydrogen-bond acceptors (Lipinski definition) is 1. The van der Waals surface area contributed by atoms with Crippen LogP contribution in [0.15, 0.2) is 115 Å². The van der Waals surface area contributed by atoms with E-state index in [1.54, 1.807) is 7.11 Å². The van der Waals surface area contributed by atoms with Crippen LogP contribution in [0, 0.1) is 0 Å². The van der Waals surface area contributed by atoms with Gasteiger partial charge in [0.25, 0.3) is 0 Å². The zero-order chi connectivity index (χ0) is 23.1. The molecule has 0 radical (unpaired) electrons. The predicted molar refractivity (Wildman–Crippen MR) is 148 cm³/mol. The molecule has 0 spiro atoms. The van der Waals surface area contributed by atoms with Gasteiger partial charge in [-0.25, -0.2) is 0 Å². The Hall–Kier alpha value is -1.99. The summed E-state index contributed by atoms with van der Waals surface area (Å²) in [5.41, 5.74) is 1.11. The quantitative estimate of drug-likeness (QED) is 0.220. The van der Waals surface area contributed by atoms with Crippen molar-refractivity contribution >= 4 is 36.7 Å². The fourth-order valence-corrected chi connectivity index (χ4v) is 11.1. The van der Waals surface area contributed by atoms with Crippen molar-refractivity contribution < 1.29 is 4.74 Å². The van der Waals surface area contributed by atoms with Crippen LogP contribution in [0.4, 0.5) is 0 Å². The molecule has 0 aliphatic rings. The van der Waals surface area contributed by atoms with E-state index in [2.05, 4.69) is 145 Å². The van der Waals surface area contributed by atoms with E-state index in [0.717, 1.165) is 12.6 Å². The predicted octanol–water partition coefficient (Wildman–Crippen LogP) is 7.14. The topological polar surface area (TPSA) is 9.23 Å². The molecule has 3 heteroatoms.